The molecule has 6 nitrogen and oxygen atoms in total. The Bertz CT molecular complexity index is 550. The maximum absolute atomic E-state index is 11.0. The summed E-state index contributed by atoms with van der Waals surface area (Å²) in [5.74, 6) is 1.33. The second-order valence-electron chi connectivity index (χ2n) is 4.96. The lowest BCUT2D eigenvalue weighted by Gasteiger charge is -2.21. The number of thiocarbonyl (C=S) groups is 1. The van der Waals surface area contributed by atoms with E-state index in [1.807, 2.05) is 30.1 Å². The molecule has 0 fully saturated rings. The topological polar surface area (TPSA) is 60.0 Å². The van der Waals surface area contributed by atoms with E-state index in [1.165, 1.54) is 7.11 Å². The highest BCUT2D eigenvalue weighted by Gasteiger charge is 2.14. The molecule has 1 N–H and O–H groups in total. The van der Waals surface area contributed by atoms with Crippen molar-refractivity contribution in [1.29, 1.82) is 0 Å². The van der Waals surface area contributed by atoms with Gasteiger partial charge in [-0.05, 0) is 36.3 Å². The fourth-order valence-corrected chi connectivity index (χ4v) is 2.22. The van der Waals surface area contributed by atoms with Gasteiger partial charge in [0.25, 0.3) is 0 Å². The van der Waals surface area contributed by atoms with Gasteiger partial charge in [-0.15, -0.1) is 0 Å². The van der Waals surface area contributed by atoms with Crippen molar-refractivity contribution in [2.75, 3.05) is 27.5 Å². The first-order chi connectivity index (χ1) is 10.6. The lowest BCUT2D eigenvalue weighted by atomic mass is 10.2. The third-order valence-corrected chi connectivity index (χ3v) is 3.72. The van der Waals surface area contributed by atoms with E-state index >= 15 is 0 Å². The zero-order chi connectivity index (χ0) is 15.9. The number of carbonyl (C=O) groups is 1. The first kappa shape index (κ1) is 16.4. The predicted octanol–water partition coefficient (Wildman–Crippen LogP) is 1.67. The van der Waals surface area contributed by atoms with Crippen LogP contribution < -0.4 is 14.8 Å². The van der Waals surface area contributed by atoms with E-state index < -0.39 is 0 Å². The second kappa shape index (κ2) is 7.84. The first-order valence-electron chi connectivity index (χ1n) is 7.04. The molecular weight excluding hydrogens is 304 g/mol. The fraction of sp³-hybridized carbons (Fsp3) is 0.467. The zero-order valence-corrected chi connectivity index (χ0v) is 13.6. The van der Waals surface area contributed by atoms with Crippen molar-refractivity contribution < 1.29 is 19.0 Å². The molecule has 1 aliphatic rings. The molecule has 22 heavy (non-hydrogen) atoms. The molecule has 1 aromatic carbocycles. The van der Waals surface area contributed by atoms with Gasteiger partial charge in [0.05, 0.1) is 7.11 Å². The third-order valence-electron chi connectivity index (χ3n) is 3.26. The molecule has 1 aliphatic heterocycles. The first-order valence-corrected chi connectivity index (χ1v) is 7.45. The maximum atomic E-state index is 11.0. The van der Waals surface area contributed by atoms with Gasteiger partial charge in [0, 0.05) is 26.6 Å². The van der Waals surface area contributed by atoms with Crippen molar-refractivity contribution in [2.45, 2.75) is 19.4 Å². The van der Waals surface area contributed by atoms with E-state index in [0.29, 0.717) is 31.0 Å². The van der Waals surface area contributed by atoms with E-state index in [1.54, 1.807) is 0 Å². The van der Waals surface area contributed by atoms with Crippen LogP contribution in [0.5, 0.6) is 11.5 Å². The normalized spacial score (nSPS) is 11.9. The number of nitrogens with zero attached hydrogens (tertiary/aromatic N) is 1. The summed E-state index contributed by atoms with van der Waals surface area (Å²) in [7, 11) is 3.31. The van der Waals surface area contributed by atoms with Crippen LogP contribution in [0.4, 0.5) is 0 Å². The van der Waals surface area contributed by atoms with Gasteiger partial charge < -0.3 is 24.4 Å². The van der Waals surface area contributed by atoms with E-state index in [0.717, 1.165) is 17.1 Å². The number of hydrogen-bond donors (Lipinski definition) is 1. The molecule has 0 spiro atoms. The molecule has 0 atom stereocenters. The van der Waals surface area contributed by atoms with Gasteiger partial charge >= 0.3 is 5.97 Å². The van der Waals surface area contributed by atoms with Crippen molar-refractivity contribution >= 4 is 23.3 Å². The predicted molar refractivity (Wildman–Crippen MR) is 85.9 cm³/mol. The largest absolute Gasteiger partial charge is 0.469 e. The molecule has 0 amide bonds. The molecule has 0 unspecified atom stereocenters. The number of rotatable bonds is 6. The summed E-state index contributed by atoms with van der Waals surface area (Å²) in [4.78, 5) is 12.9. The number of benzene rings is 1. The van der Waals surface area contributed by atoms with Crippen molar-refractivity contribution in [3.63, 3.8) is 0 Å². The van der Waals surface area contributed by atoms with Crippen molar-refractivity contribution in [2.24, 2.45) is 0 Å². The number of carbonyl (C=O) groups excluding carboxylic acids is 1. The smallest absolute Gasteiger partial charge is 0.305 e. The lowest BCUT2D eigenvalue weighted by Crippen LogP contribution is -2.37. The molecule has 0 radical (unpaired) electrons. The monoisotopic (exact) mass is 324 g/mol. The molecular formula is C15H20N2O4S. The molecule has 0 bridgehead atoms. The van der Waals surface area contributed by atoms with E-state index in [4.69, 9.17) is 21.7 Å². The third kappa shape index (κ3) is 4.49. The highest BCUT2D eigenvalue weighted by molar-refractivity contribution is 7.80. The molecule has 120 valence electrons. The minimum atomic E-state index is -0.207. The summed E-state index contributed by atoms with van der Waals surface area (Å²) in [6, 6.07) is 5.85. The van der Waals surface area contributed by atoms with Gasteiger partial charge in [0.2, 0.25) is 6.79 Å². The maximum Gasteiger partial charge on any atom is 0.305 e. The van der Waals surface area contributed by atoms with E-state index in [2.05, 4.69) is 10.1 Å². The number of ether oxygens (including phenoxy) is 3. The Kier molecular flexibility index (Phi) is 5.83. The number of nitrogens with one attached hydrogen (secondary N) is 1. The molecule has 1 heterocycles. The van der Waals surface area contributed by atoms with Crippen LogP contribution in [-0.4, -0.2) is 43.5 Å². The fourth-order valence-electron chi connectivity index (χ4n) is 2.05. The Morgan fingerprint density at radius 1 is 1.41 bits per heavy atom. The molecule has 0 aromatic heterocycles. The Hall–Kier alpha value is -2.02. The number of esters is 1. The summed E-state index contributed by atoms with van der Waals surface area (Å²) in [5, 5.41) is 3.77. The molecule has 7 heteroatoms. The lowest BCUT2D eigenvalue weighted by molar-refractivity contribution is -0.140. The van der Waals surface area contributed by atoms with Gasteiger partial charge in [-0.1, -0.05) is 6.07 Å². The number of hydrogen-bond acceptors (Lipinski definition) is 5. The van der Waals surface area contributed by atoms with Crippen molar-refractivity contribution in [3.05, 3.63) is 23.8 Å². The number of fused-ring (bicyclic) bond motifs is 1. The van der Waals surface area contributed by atoms with Crippen molar-refractivity contribution in [1.82, 2.24) is 10.2 Å². The van der Waals surface area contributed by atoms with Crippen LogP contribution >= 0.6 is 12.2 Å². The SMILES string of the molecule is COC(=O)CCCNC(=S)N(C)Cc1ccc2c(c1)OCO2. The minimum absolute atomic E-state index is 0.207. The average molecular weight is 324 g/mol. The molecule has 1 aromatic rings. The van der Waals surface area contributed by atoms with Gasteiger partial charge in [0.1, 0.15) is 0 Å². The van der Waals surface area contributed by atoms with E-state index in [9.17, 15) is 4.79 Å². The molecule has 2 rings (SSSR count). The molecule has 0 aliphatic carbocycles. The van der Waals surface area contributed by atoms with Crippen LogP contribution in [0, 0.1) is 0 Å². The zero-order valence-electron chi connectivity index (χ0n) is 12.8. The van der Waals surface area contributed by atoms with Gasteiger partial charge in [-0.3, -0.25) is 4.79 Å². The quantitative estimate of drug-likeness (QED) is 0.485. The van der Waals surface area contributed by atoms with Gasteiger partial charge in [-0.2, -0.15) is 0 Å². The summed E-state index contributed by atoms with van der Waals surface area (Å²) < 4.78 is 15.2. The highest BCUT2D eigenvalue weighted by atomic mass is 32.1. The number of methoxy groups -OCH3 is 1. The van der Waals surface area contributed by atoms with Crippen LogP contribution in [0.2, 0.25) is 0 Å². The Balaban J connectivity index is 1.75. The van der Waals surface area contributed by atoms with Gasteiger partial charge in [0.15, 0.2) is 16.6 Å². The van der Waals surface area contributed by atoms with Crippen LogP contribution in [0.15, 0.2) is 18.2 Å². The summed E-state index contributed by atoms with van der Waals surface area (Å²) in [6.45, 7) is 1.58. The van der Waals surface area contributed by atoms with Crippen LogP contribution in [0.1, 0.15) is 18.4 Å². The van der Waals surface area contributed by atoms with Crippen molar-refractivity contribution in [3.8, 4) is 11.5 Å². The standard InChI is InChI=1S/C15H20N2O4S/c1-17(15(22)16-7-3-4-14(18)19-2)9-11-5-6-12-13(8-11)21-10-20-12/h5-6,8H,3-4,7,9-10H2,1-2H3,(H,16,22). The Labute approximate surface area is 135 Å². The Morgan fingerprint density at radius 3 is 2.95 bits per heavy atom. The highest BCUT2D eigenvalue weighted by Crippen LogP contribution is 2.32. The molecule has 0 saturated heterocycles. The second-order valence-corrected chi connectivity index (χ2v) is 5.34. The summed E-state index contributed by atoms with van der Waals surface area (Å²) in [5.41, 5.74) is 1.09. The molecule has 0 saturated carbocycles. The average Bonchev–Trinajstić information content (AvgIpc) is 2.98. The van der Waals surface area contributed by atoms with Crippen LogP contribution in [0.25, 0.3) is 0 Å². The van der Waals surface area contributed by atoms with Crippen LogP contribution in [-0.2, 0) is 16.1 Å². The van der Waals surface area contributed by atoms with Crippen LogP contribution in [0.3, 0.4) is 0 Å². The van der Waals surface area contributed by atoms with Gasteiger partial charge in [-0.25, -0.2) is 0 Å². The Morgan fingerprint density at radius 2 is 2.18 bits per heavy atom. The van der Waals surface area contributed by atoms with E-state index in [-0.39, 0.29) is 12.8 Å². The summed E-state index contributed by atoms with van der Waals surface area (Å²) >= 11 is 5.33. The minimum Gasteiger partial charge on any atom is -0.469 e. The summed E-state index contributed by atoms with van der Waals surface area (Å²) in [6.07, 6.45) is 1.07.